The molecule has 1 atom stereocenters. The van der Waals surface area contributed by atoms with E-state index < -0.39 is 15.8 Å². The highest BCUT2D eigenvalue weighted by atomic mass is 32.2. The van der Waals surface area contributed by atoms with E-state index >= 15 is 0 Å². The Kier molecular flexibility index (Phi) is 4.13. The van der Waals surface area contributed by atoms with Crippen LogP contribution >= 0.6 is 11.8 Å². The molecule has 1 aliphatic rings. The molecule has 19 heavy (non-hydrogen) atoms. The first-order valence-corrected chi connectivity index (χ1v) is 8.25. The molecule has 0 amide bonds. The molecule has 0 aliphatic carbocycles. The molecule has 2 rings (SSSR count). The molecule has 1 saturated heterocycles. The minimum absolute atomic E-state index is 0.0236. The topological polar surface area (TPSA) is 61.2 Å². The average Bonchev–Trinajstić information content (AvgIpc) is 2.39. The fourth-order valence-corrected chi connectivity index (χ4v) is 4.68. The van der Waals surface area contributed by atoms with Crippen LogP contribution in [0.15, 0.2) is 23.1 Å². The second-order valence-corrected chi connectivity index (χ2v) is 7.78. The van der Waals surface area contributed by atoms with Crippen molar-refractivity contribution in [3.05, 3.63) is 29.6 Å². The van der Waals surface area contributed by atoms with Gasteiger partial charge in [0.1, 0.15) is 11.9 Å². The molecule has 1 aromatic carbocycles. The van der Waals surface area contributed by atoms with Crippen LogP contribution in [0.3, 0.4) is 0 Å². The van der Waals surface area contributed by atoms with Gasteiger partial charge < -0.3 is 0 Å². The van der Waals surface area contributed by atoms with Crippen molar-refractivity contribution in [2.75, 3.05) is 18.8 Å². The van der Waals surface area contributed by atoms with Gasteiger partial charge in [0.05, 0.1) is 10.5 Å². The molecule has 1 unspecified atom stereocenters. The summed E-state index contributed by atoms with van der Waals surface area (Å²) in [5.41, 5.74) is -0.250. The van der Waals surface area contributed by atoms with Gasteiger partial charge in [0.15, 0.2) is 0 Å². The molecule has 4 nitrogen and oxygen atoms in total. The van der Waals surface area contributed by atoms with Crippen molar-refractivity contribution in [1.82, 2.24) is 4.31 Å². The Balaban J connectivity index is 2.37. The molecule has 1 fully saturated rings. The van der Waals surface area contributed by atoms with Gasteiger partial charge in [-0.15, -0.1) is 0 Å². The van der Waals surface area contributed by atoms with E-state index in [4.69, 9.17) is 5.26 Å². The third-order valence-corrected chi connectivity index (χ3v) is 5.90. The first-order chi connectivity index (χ1) is 8.95. The van der Waals surface area contributed by atoms with Gasteiger partial charge in [-0.05, 0) is 18.2 Å². The number of halogens is 1. The number of benzene rings is 1. The minimum Gasteiger partial charge on any atom is -0.207 e. The highest BCUT2D eigenvalue weighted by Crippen LogP contribution is 2.25. The van der Waals surface area contributed by atoms with Crippen LogP contribution in [-0.4, -0.2) is 36.8 Å². The lowest BCUT2D eigenvalue weighted by Crippen LogP contribution is -2.40. The van der Waals surface area contributed by atoms with Gasteiger partial charge in [-0.25, -0.2) is 12.8 Å². The van der Waals surface area contributed by atoms with E-state index in [-0.39, 0.29) is 15.7 Å². The van der Waals surface area contributed by atoms with Crippen molar-refractivity contribution in [2.24, 2.45) is 0 Å². The second kappa shape index (κ2) is 5.49. The Hall–Kier alpha value is -1.10. The summed E-state index contributed by atoms with van der Waals surface area (Å²) in [5, 5.41) is 8.99. The molecule has 102 valence electrons. The summed E-state index contributed by atoms with van der Waals surface area (Å²) in [4.78, 5) is -0.0236. The molecule has 1 aliphatic heterocycles. The zero-order valence-electron chi connectivity index (χ0n) is 10.3. The van der Waals surface area contributed by atoms with E-state index in [2.05, 4.69) is 0 Å². The predicted octanol–water partition coefficient (Wildman–Crippen LogP) is 1.82. The highest BCUT2D eigenvalue weighted by Gasteiger charge is 2.29. The molecule has 0 radical (unpaired) electrons. The summed E-state index contributed by atoms with van der Waals surface area (Å²) in [6.07, 6.45) is 0. The first kappa shape index (κ1) is 14.3. The van der Waals surface area contributed by atoms with Crippen LogP contribution in [0.1, 0.15) is 12.5 Å². The maximum Gasteiger partial charge on any atom is 0.243 e. The maximum atomic E-state index is 13.2. The van der Waals surface area contributed by atoms with Crippen molar-refractivity contribution in [2.45, 2.75) is 17.1 Å². The van der Waals surface area contributed by atoms with Crippen LogP contribution in [0.2, 0.25) is 0 Å². The summed E-state index contributed by atoms with van der Waals surface area (Å²) in [5.74, 6) is 0.0381. The van der Waals surface area contributed by atoms with Crippen molar-refractivity contribution in [3.63, 3.8) is 0 Å². The van der Waals surface area contributed by atoms with Crippen molar-refractivity contribution in [1.29, 1.82) is 5.26 Å². The molecule has 1 heterocycles. The summed E-state index contributed by atoms with van der Waals surface area (Å²) in [7, 11) is -3.64. The number of sulfonamides is 1. The lowest BCUT2D eigenvalue weighted by atomic mass is 10.2. The van der Waals surface area contributed by atoms with E-state index in [0.29, 0.717) is 13.1 Å². The Labute approximate surface area is 116 Å². The minimum atomic E-state index is -3.64. The zero-order valence-corrected chi connectivity index (χ0v) is 12.0. The third-order valence-electron chi connectivity index (χ3n) is 2.90. The summed E-state index contributed by atoms with van der Waals surface area (Å²) in [6.45, 7) is 2.85. The Morgan fingerprint density at radius 1 is 1.53 bits per heavy atom. The number of thioether (sulfide) groups is 1. The fraction of sp³-hybridized carbons (Fsp3) is 0.417. The van der Waals surface area contributed by atoms with Gasteiger partial charge in [-0.3, -0.25) is 0 Å². The fourth-order valence-electron chi connectivity index (χ4n) is 1.90. The smallest absolute Gasteiger partial charge is 0.207 e. The first-order valence-electron chi connectivity index (χ1n) is 5.76. The molecule has 0 N–H and O–H groups in total. The lowest BCUT2D eigenvalue weighted by molar-refractivity contribution is 0.424. The van der Waals surface area contributed by atoms with Crippen molar-refractivity contribution < 1.29 is 12.8 Å². The summed E-state index contributed by atoms with van der Waals surface area (Å²) < 4.78 is 39.4. The molecule has 0 aromatic heterocycles. The summed E-state index contributed by atoms with van der Waals surface area (Å²) in [6, 6.07) is 4.98. The molecule has 0 saturated carbocycles. The maximum absolute atomic E-state index is 13.2. The Morgan fingerprint density at radius 3 is 2.89 bits per heavy atom. The molecule has 1 aromatic rings. The number of nitriles is 1. The largest absolute Gasteiger partial charge is 0.243 e. The number of hydrogen-bond acceptors (Lipinski definition) is 4. The van der Waals surface area contributed by atoms with Gasteiger partial charge in [0.2, 0.25) is 10.0 Å². The van der Waals surface area contributed by atoms with E-state index in [1.54, 1.807) is 17.8 Å². The monoisotopic (exact) mass is 300 g/mol. The van der Waals surface area contributed by atoms with E-state index in [9.17, 15) is 12.8 Å². The molecular weight excluding hydrogens is 287 g/mol. The molecule has 0 bridgehead atoms. The Morgan fingerprint density at radius 2 is 2.26 bits per heavy atom. The van der Waals surface area contributed by atoms with Gasteiger partial charge in [0.25, 0.3) is 0 Å². The standard InChI is InChI=1S/C12H13FN2O2S2/c1-9-8-15(4-5-18-9)19(16,17)11-2-3-12(13)10(6-11)7-14/h2-3,6,9H,4-5,8H2,1H3. The van der Waals surface area contributed by atoms with Crippen molar-refractivity contribution in [3.8, 4) is 6.07 Å². The summed E-state index contributed by atoms with van der Waals surface area (Å²) >= 11 is 1.72. The van der Waals surface area contributed by atoms with Crippen LogP contribution < -0.4 is 0 Å². The van der Waals surface area contributed by atoms with E-state index in [1.165, 1.54) is 10.4 Å². The third kappa shape index (κ3) is 2.91. The normalized spacial score (nSPS) is 21.0. The van der Waals surface area contributed by atoms with Gasteiger partial charge in [0, 0.05) is 24.1 Å². The van der Waals surface area contributed by atoms with E-state index in [1.807, 2.05) is 6.92 Å². The second-order valence-electron chi connectivity index (χ2n) is 4.30. The van der Waals surface area contributed by atoms with E-state index in [0.717, 1.165) is 17.9 Å². The highest BCUT2D eigenvalue weighted by molar-refractivity contribution is 8.00. The van der Waals surface area contributed by atoms with Crippen LogP contribution in [0.5, 0.6) is 0 Å². The average molecular weight is 300 g/mol. The number of hydrogen-bond donors (Lipinski definition) is 0. The number of nitrogens with zero attached hydrogens (tertiary/aromatic N) is 2. The quantitative estimate of drug-likeness (QED) is 0.836. The van der Waals surface area contributed by atoms with Crippen LogP contribution in [0.25, 0.3) is 0 Å². The zero-order chi connectivity index (χ0) is 14.0. The molecular formula is C12H13FN2O2S2. The van der Waals surface area contributed by atoms with Gasteiger partial charge in [-0.1, -0.05) is 6.92 Å². The van der Waals surface area contributed by atoms with Gasteiger partial charge >= 0.3 is 0 Å². The van der Waals surface area contributed by atoms with Crippen molar-refractivity contribution >= 4 is 21.8 Å². The van der Waals surface area contributed by atoms with Crippen LogP contribution in [-0.2, 0) is 10.0 Å². The number of rotatable bonds is 2. The molecule has 0 spiro atoms. The predicted molar refractivity (Wildman–Crippen MR) is 71.8 cm³/mol. The van der Waals surface area contributed by atoms with Gasteiger partial charge in [-0.2, -0.15) is 21.3 Å². The van der Waals surface area contributed by atoms with Crippen LogP contribution in [0.4, 0.5) is 4.39 Å². The molecule has 7 heteroatoms. The lowest BCUT2D eigenvalue weighted by Gasteiger charge is -2.29. The van der Waals surface area contributed by atoms with Crippen LogP contribution in [0, 0.1) is 17.1 Å². The Bertz CT molecular complexity index is 625. The SMILES string of the molecule is CC1CN(S(=O)(=O)c2ccc(F)c(C#N)c2)CCS1.